The van der Waals surface area contributed by atoms with Gasteiger partial charge in [0.25, 0.3) is 0 Å². The van der Waals surface area contributed by atoms with Gasteiger partial charge in [-0.1, -0.05) is 11.6 Å². The molecule has 2 nitrogen and oxygen atoms in total. The molecule has 46 valence electrons. The molecule has 0 spiro atoms. The number of hydrogen-bond acceptors (Lipinski definition) is 2. The van der Waals surface area contributed by atoms with Crippen molar-refractivity contribution in [2.75, 3.05) is 0 Å². The number of carbonyl (C=O) groups is 1. The van der Waals surface area contributed by atoms with Gasteiger partial charge in [-0.25, -0.2) is 0 Å². The molecule has 0 aliphatic rings. The molecule has 0 aromatic carbocycles. The van der Waals surface area contributed by atoms with Gasteiger partial charge in [0.1, 0.15) is 0 Å². The van der Waals surface area contributed by atoms with Crippen molar-refractivity contribution < 1.29 is 39.5 Å². The molecule has 0 atom stereocenters. The molecular weight excluding hydrogens is 127 g/mol. The van der Waals surface area contributed by atoms with Crippen LogP contribution >= 0.6 is 0 Å². The number of aliphatic carboxylic acids is 1. The largest absolute Gasteiger partial charge is 1.00 e. The average molecular weight is 136 g/mol. The first-order valence-electron chi connectivity index (χ1n) is 2.46. The van der Waals surface area contributed by atoms with E-state index in [1.807, 2.05) is 13.8 Å². The maximum absolute atomic E-state index is 9.75. The van der Waals surface area contributed by atoms with Gasteiger partial charge in [0, 0.05) is 12.4 Å². The van der Waals surface area contributed by atoms with E-state index in [0.717, 1.165) is 5.57 Å². The molecule has 0 amide bonds. The molecule has 3 heteroatoms. The predicted octanol–water partition coefficient (Wildman–Crippen LogP) is -2.90. The molecule has 0 rings (SSSR count). The Bertz CT molecular complexity index is 114. The van der Waals surface area contributed by atoms with Crippen LogP contribution in [-0.4, -0.2) is 5.97 Å². The standard InChI is InChI=1S/C6H10O2.Na/c1-5(2)3-4-6(7)8;/h3H,4H2,1-2H3,(H,7,8);/q;+1/p-1. The van der Waals surface area contributed by atoms with Gasteiger partial charge in [-0.05, 0) is 13.8 Å². The van der Waals surface area contributed by atoms with Crippen LogP contribution in [0.2, 0.25) is 0 Å². The van der Waals surface area contributed by atoms with Gasteiger partial charge in [-0.15, -0.1) is 0 Å². The van der Waals surface area contributed by atoms with Gasteiger partial charge in [-0.2, -0.15) is 0 Å². The molecule has 9 heavy (non-hydrogen) atoms. The van der Waals surface area contributed by atoms with Gasteiger partial charge < -0.3 is 9.90 Å². The van der Waals surface area contributed by atoms with E-state index in [2.05, 4.69) is 0 Å². The summed E-state index contributed by atoms with van der Waals surface area (Å²) in [4.78, 5) is 9.75. The van der Waals surface area contributed by atoms with Crippen molar-refractivity contribution >= 4 is 5.97 Å². The molecule has 0 unspecified atom stereocenters. The van der Waals surface area contributed by atoms with Crippen molar-refractivity contribution in [3.63, 3.8) is 0 Å². The van der Waals surface area contributed by atoms with Crippen molar-refractivity contribution in [2.24, 2.45) is 0 Å². The Labute approximate surface area is 77.2 Å². The minimum Gasteiger partial charge on any atom is -0.550 e. The third-order valence-electron chi connectivity index (χ3n) is 0.677. The van der Waals surface area contributed by atoms with Crippen LogP contribution in [0.15, 0.2) is 11.6 Å². The number of hydrogen-bond donors (Lipinski definition) is 0. The van der Waals surface area contributed by atoms with Crippen LogP contribution in [0.1, 0.15) is 20.3 Å². The van der Waals surface area contributed by atoms with Crippen LogP contribution in [-0.2, 0) is 4.79 Å². The Kier molecular flexibility index (Phi) is 8.40. The maximum atomic E-state index is 9.75. The topological polar surface area (TPSA) is 40.1 Å². The summed E-state index contributed by atoms with van der Waals surface area (Å²) in [5.74, 6) is -1.02. The van der Waals surface area contributed by atoms with Crippen molar-refractivity contribution in [1.82, 2.24) is 0 Å². The molecule has 0 saturated heterocycles. The minimum absolute atomic E-state index is 0. The Balaban J connectivity index is 0. The molecule has 0 bridgehead atoms. The molecule has 0 radical (unpaired) electrons. The van der Waals surface area contributed by atoms with E-state index in [4.69, 9.17) is 0 Å². The number of carbonyl (C=O) groups excluding carboxylic acids is 1. The van der Waals surface area contributed by atoms with Gasteiger partial charge in [0.05, 0.1) is 0 Å². The Morgan fingerprint density at radius 1 is 1.56 bits per heavy atom. The molecule has 0 aliphatic carbocycles. The third kappa shape index (κ3) is 11.7. The first kappa shape index (κ1) is 11.9. The van der Waals surface area contributed by atoms with Crippen molar-refractivity contribution in [3.8, 4) is 0 Å². The molecule has 0 fully saturated rings. The molecule has 0 saturated carbocycles. The Morgan fingerprint density at radius 2 is 2.00 bits per heavy atom. The van der Waals surface area contributed by atoms with Crippen molar-refractivity contribution in [1.29, 1.82) is 0 Å². The Hall–Kier alpha value is 0.210. The van der Waals surface area contributed by atoms with E-state index >= 15 is 0 Å². The zero-order chi connectivity index (χ0) is 6.57. The van der Waals surface area contributed by atoms with E-state index < -0.39 is 5.97 Å². The van der Waals surface area contributed by atoms with Gasteiger partial charge in [0.2, 0.25) is 0 Å². The first-order chi connectivity index (χ1) is 3.63. The molecule has 0 N–H and O–H groups in total. The fraction of sp³-hybridized carbons (Fsp3) is 0.500. The number of carboxylic acid groups (broad SMARTS) is 1. The SMILES string of the molecule is CC(C)=CCC(=O)[O-].[Na+]. The second-order valence-electron chi connectivity index (χ2n) is 1.86. The smallest absolute Gasteiger partial charge is 0.550 e. The van der Waals surface area contributed by atoms with Crippen molar-refractivity contribution in [3.05, 3.63) is 11.6 Å². The summed E-state index contributed by atoms with van der Waals surface area (Å²) in [5, 5.41) is 9.75. The summed E-state index contributed by atoms with van der Waals surface area (Å²) in [7, 11) is 0. The number of rotatable bonds is 2. The number of allylic oxidation sites excluding steroid dienone is 1. The van der Waals surface area contributed by atoms with Gasteiger partial charge in [-0.3, -0.25) is 0 Å². The van der Waals surface area contributed by atoms with Gasteiger partial charge in [0.15, 0.2) is 0 Å². The molecule has 0 aromatic rings. The van der Waals surface area contributed by atoms with E-state index in [9.17, 15) is 9.90 Å². The van der Waals surface area contributed by atoms with Crippen LogP contribution in [0.4, 0.5) is 0 Å². The van der Waals surface area contributed by atoms with Crippen LogP contribution in [0.5, 0.6) is 0 Å². The van der Waals surface area contributed by atoms with E-state index in [1.165, 1.54) is 0 Å². The number of carboxylic acids is 1. The second-order valence-corrected chi connectivity index (χ2v) is 1.86. The molecule has 0 heterocycles. The zero-order valence-electron chi connectivity index (χ0n) is 6.10. The van der Waals surface area contributed by atoms with E-state index in [1.54, 1.807) is 6.08 Å². The fourth-order valence-corrected chi connectivity index (χ4v) is 0.287. The molecule has 0 aromatic heterocycles. The summed E-state index contributed by atoms with van der Waals surface area (Å²) in [6.07, 6.45) is 1.65. The average Bonchev–Trinajstić information content (AvgIpc) is 1.61. The van der Waals surface area contributed by atoms with Crippen LogP contribution < -0.4 is 34.7 Å². The summed E-state index contributed by atoms with van der Waals surface area (Å²) in [5.41, 5.74) is 1.01. The van der Waals surface area contributed by atoms with Crippen LogP contribution in [0, 0.1) is 0 Å². The third-order valence-corrected chi connectivity index (χ3v) is 0.677. The summed E-state index contributed by atoms with van der Waals surface area (Å²) in [6, 6.07) is 0. The maximum Gasteiger partial charge on any atom is 1.00 e. The van der Waals surface area contributed by atoms with Crippen LogP contribution in [0.3, 0.4) is 0 Å². The predicted molar refractivity (Wildman–Crippen MR) is 29.1 cm³/mol. The van der Waals surface area contributed by atoms with Crippen LogP contribution in [0.25, 0.3) is 0 Å². The second kappa shape index (κ2) is 6.33. The van der Waals surface area contributed by atoms with Gasteiger partial charge >= 0.3 is 29.6 Å². The van der Waals surface area contributed by atoms with E-state index in [0.29, 0.717) is 0 Å². The zero-order valence-corrected chi connectivity index (χ0v) is 8.10. The molecule has 0 aliphatic heterocycles. The fourth-order valence-electron chi connectivity index (χ4n) is 0.287. The quantitative estimate of drug-likeness (QED) is 0.302. The monoisotopic (exact) mass is 136 g/mol. The Morgan fingerprint density at radius 3 is 2.11 bits per heavy atom. The normalized spacial score (nSPS) is 7.33. The minimum atomic E-state index is -1.02. The van der Waals surface area contributed by atoms with Crippen molar-refractivity contribution in [2.45, 2.75) is 20.3 Å². The molecular formula is C6H9NaO2. The summed E-state index contributed by atoms with van der Waals surface area (Å²) in [6.45, 7) is 3.70. The summed E-state index contributed by atoms with van der Waals surface area (Å²) < 4.78 is 0. The first-order valence-corrected chi connectivity index (χ1v) is 2.46. The summed E-state index contributed by atoms with van der Waals surface area (Å²) >= 11 is 0. The van der Waals surface area contributed by atoms with E-state index in [-0.39, 0.29) is 36.0 Å².